The Balaban J connectivity index is 1.45. The first-order chi connectivity index (χ1) is 12.6. The molecule has 140 valence electrons. The Bertz CT molecular complexity index is 714. The summed E-state index contributed by atoms with van der Waals surface area (Å²) in [5, 5.41) is 15.0. The van der Waals surface area contributed by atoms with Crippen molar-refractivity contribution in [3.05, 3.63) is 29.8 Å². The first kappa shape index (κ1) is 18.7. The summed E-state index contributed by atoms with van der Waals surface area (Å²) in [5.41, 5.74) is 2.30. The minimum Gasteiger partial charge on any atom is -0.378 e. The molecular formula is C17H24N6O2S. The highest BCUT2D eigenvalue weighted by molar-refractivity contribution is 7.99. The van der Waals surface area contributed by atoms with Gasteiger partial charge in [0, 0.05) is 38.0 Å². The number of anilines is 1. The number of nitrogens with one attached hydrogen (secondary N) is 1. The number of carbonyl (C=O) groups excluding carboxylic acids is 1. The standard InChI is InChI=1S/C17H24N6O2S/c1-13(18-16(24)7-12-26-17-19-20-21-22(17)2)14-3-5-15(6-4-14)23-8-10-25-11-9-23/h3-6,13H,7-12H2,1-2H3,(H,18,24). The van der Waals surface area contributed by atoms with Crippen molar-refractivity contribution in [3.63, 3.8) is 0 Å². The lowest BCUT2D eigenvalue weighted by molar-refractivity contribution is -0.121. The molecule has 3 rings (SSSR count). The quantitative estimate of drug-likeness (QED) is 0.731. The van der Waals surface area contributed by atoms with Gasteiger partial charge in [0.2, 0.25) is 11.1 Å². The number of ether oxygens (including phenoxy) is 1. The van der Waals surface area contributed by atoms with Crippen LogP contribution in [0.1, 0.15) is 24.9 Å². The predicted octanol–water partition coefficient (Wildman–Crippen LogP) is 1.41. The third-order valence-corrected chi connectivity index (χ3v) is 5.30. The number of tetrazole rings is 1. The Labute approximate surface area is 157 Å². The van der Waals surface area contributed by atoms with Crippen LogP contribution in [0.3, 0.4) is 0 Å². The van der Waals surface area contributed by atoms with Crippen molar-refractivity contribution >= 4 is 23.4 Å². The number of aryl methyl sites for hydroxylation is 1. The molecule has 1 unspecified atom stereocenters. The molecule has 26 heavy (non-hydrogen) atoms. The van der Waals surface area contributed by atoms with Gasteiger partial charge in [-0.2, -0.15) is 0 Å². The number of rotatable bonds is 7. The Morgan fingerprint density at radius 1 is 1.31 bits per heavy atom. The van der Waals surface area contributed by atoms with E-state index in [0.29, 0.717) is 17.3 Å². The normalized spacial score (nSPS) is 15.7. The van der Waals surface area contributed by atoms with E-state index in [1.165, 1.54) is 17.4 Å². The van der Waals surface area contributed by atoms with E-state index in [4.69, 9.17) is 4.74 Å². The fraction of sp³-hybridized carbons (Fsp3) is 0.529. The maximum absolute atomic E-state index is 12.1. The summed E-state index contributed by atoms with van der Waals surface area (Å²) in [6, 6.07) is 8.36. The monoisotopic (exact) mass is 376 g/mol. The number of hydrogen-bond acceptors (Lipinski definition) is 7. The highest BCUT2D eigenvalue weighted by Crippen LogP contribution is 2.20. The molecule has 1 atom stereocenters. The van der Waals surface area contributed by atoms with Crippen LogP contribution in [0.25, 0.3) is 0 Å². The Kier molecular flexibility index (Phi) is 6.45. The van der Waals surface area contributed by atoms with Crippen LogP contribution in [-0.2, 0) is 16.6 Å². The van der Waals surface area contributed by atoms with E-state index >= 15 is 0 Å². The Morgan fingerprint density at radius 2 is 2.04 bits per heavy atom. The summed E-state index contributed by atoms with van der Waals surface area (Å²) in [4.78, 5) is 14.5. The van der Waals surface area contributed by atoms with Crippen LogP contribution in [0.5, 0.6) is 0 Å². The maximum Gasteiger partial charge on any atom is 0.221 e. The fourth-order valence-corrected chi connectivity index (χ4v) is 3.56. The number of carbonyl (C=O) groups is 1. The van der Waals surface area contributed by atoms with E-state index in [1.807, 2.05) is 6.92 Å². The highest BCUT2D eigenvalue weighted by Gasteiger charge is 2.13. The molecule has 1 aromatic carbocycles. The number of benzene rings is 1. The van der Waals surface area contributed by atoms with Gasteiger partial charge in [-0.25, -0.2) is 4.68 Å². The van der Waals surface area contributed by atoms with Crippen LogP contribution in [0.15, 0.2) is 29.4 Å². The van der Waals surface area contributed by atoms with Crippen LogP contribution in [0, 0.1) is 0 Å². The van der Waals surface area contributed by atoms with Gasteiger partial charge in [0.25, 0.3) is 0 Å². The van der Waals surface area contributed by atoms with Crippen molar-refractivity contribution in [3.8, 4) is 0 Å². The summed E-state index contributed by atoms with van der Waals surface area (Å²) in [6.07, 6.45) is 0.424. The second-order valence-electron chi connectivity index (χ2n) is 6.16. The van der Waals surface area contributed by atoms with Crippen molar-refractivity contribution < 1.29 is 9.53 Å². The van der Waals surface area contributed by atoms with Gasteiger partial charge in [-0.15, -0.1) is 5.10 Å². The van der Waals surface area contributed by atoms with Gasteiger partial charge in [-0.3, -0.25) is 4.79 Å². The maximum atomic E-state index is 12.1. The average Bonchev–Trinajstić information content (AvgIpc) is 3.07. The summed E-state index contributed by atoms with van der Waals surface area (Å²) >= 11 is 1.47. The zero-order valence-corrected chi connectivity index (χ0v) is 15.9. The first-order valence-electron chi connectivity index (χ1n) is 8.70. The number of morpholine rings is 1. The predicted molar refractivity (Wildman–Crippen MR) is 100 cm³/mol. The Morgan fingerprint density at radius 3 is 2.69 bits per heavy atom. The van der Waals surface area contributed by atoms with Gasteiger partial charge in [0.05, 0.1) is 19.3 Å². The molecule has 1 amide bonds. The third kappa shape index (κ3) is 4.95. The van der Waals surface area contributed by atoms with E-state index in [1.54, 1.807) is 11.7 Å². The largest absolute Gasteiger partial charge is 0.378 e. The van der Waals surface area contributed by atoms with Crippen molar-refractivity contribution in [1.82, 2.24) is 25.5 Å². The molecule has 0 saturated carbocycles. The zero-order valence-electron chi connectivity index (χ0n) is 15.1. The lowest BCUT2D eigenvalue weighted by Gasteiger charge is -2.29. The van der Waals surface area contributed by atoms with Crippen LogP contribution in [-0.4, -0.2) is 58.2 Å². The molecule has 9 heteroatoms. The van der Waals surface area contributed by atoms with Gasteiger partial charge in [0.1, 0.15) is 0 Å². The van der Waals surface area contributed by atoms with Crippen molar-refractivity contribution in [2.24, 2.45) is 7.05 Å². The van der Waals surface area contributed by atoms with Gasteiger partial charge in [-0.05, 0) is 35.0 Å². The smallest absolute Gasteiger partial charge is 0.221 e. The van der Waals surface area contributed by atoms with Crippen LogP contribution in [0.4, 0.5) is 5.69 Å². The molecule has 8 nitrogen and oxygen atoms in total. The second-order valence-corrected chi connectivity index (χ2v) is 7.23. The summed E-state index contributed by atoms with van der Waals surface area (Å²) in [7, 11) is 1.78. The summed E-state index contributed by atoms with van der Waals surface area (Å²) in [5.74, 6) is 0.667. The van der Waals surface area contributed by atoms with Crippen molar-refractivity contribution in [1.29, 1.82) is 0 Å². The first-order valence-corrected chi connectivity index (χ1v) is 9.69. The minimum atomic E-state index is -0.0252. The summed E-state index contributed by atoms with van der Waals surface area (Å²) < 4.78 is 6.98. The van der Waals surface area contributed by atoms with Gasteiger partial charge < -0.3 is 15.0 Å². The van der Waals surface area contributed by atoms with Crippen molar-refractivity contribution in [2.45, 2.75) is 24.5 Å². The molecule has 0 spiro atoms. The third-order valence-electron chi connectivity index (χ3n) is 4.29. The molecule has 1 N–H and O–H groups in total. The van der Waals surface area contributed by atoms with E-state index in [0.717, 1.165) is 31.9 Å². The molecule has 1 aliphatic rings. The number of hydrogen-bond donors (Lipinski definition) is 1. The van der Waals surface area contributed by atoms with Crippen LogP contribution in [0.2, 0.25) is 0 Å². The lowest BCUT2D eigenvalue weighted by atomic mass is 10.1. The molecule has 2 heterocycles. The number of aromatic nitrogens is 4. The van der Waals surface area contributed by atoms with Crippen molar-refractivity contribution in [2.75, 3.05) is 37.0 Å². The van der Waals surface area contributed by atoms with Crippen LogP contribution >= 0.6 is 11.8 Å². The zero-order chi connectivity index (χ0) is 18.4. The number of nitrogens with zero attached hydrogens (tertiary/aromatic N) is 5. The lowest BCUT2D eigenvalue weighted by Crippen LogP contribution is -2.36. The second kappa shape index (κ2) is 9.00. The molecule has 1 fully saturated rings. The molecular weight excluding hydrogens is 352 g/mol. The molecule has 0 bridgehead atoms. The SMILES string of the molecule is CC(NC(=O)CCSc1nnnn1C)c1ccc(N2CCOCC2)cc1. The topological polar surface area (TPSA) is 85.2 Å². The number of amides is 1. The fourth-order valence-electron chi connectivity index (χ4n) is 2.77. The van der Waals surface area contributed by atoms with Crippen LogP contribution < -0.4 is 10.2 Å². The molecule has 1 aromatic heterocycles. The van der Waals surface area contributed by atoms with Gasteiger partial charge in [0.15, 0.2) is 0 Å². The molecule has 2 aromatic rings. The number of thioether (sulfide) groups is 1. The molecule has 0 radical (unpaired) electrons. The van der Waals surface area contributed by atoms with E-state index in [9.17, 15) is 4.79 Å². The highest BCUT2D eigenvalue weighted by atomic mass is 32.2. The minimum absolute atomic E-state index is 0.0252. The molecule has 0 aliphatic carbocycles. The molecule has 1 saturated heterocycles. The van der Waals surface area contributed by atoms with Gasteiger partial charge in [-0.1, -0.05) is 23.9 Å². The Hall–Kier alpha value is -2.13. The average molecular weight is 376 g/mol. The van der Waals surface area contributed by atoms with Gasteiger partial charge >= 0.3 is 0 Å². The molecule has 1 aliphatic heterocycles. The van der Waals surface area contributed by atoms with E-state index in [-0.39, 0.29) is 11.9 Å². The van der Waals surface area contributed by atoms with E-state index in [2.05, 4.69) is 50.0 Å². The summed E-state index contributed by atoms with van der Waals surface area (Å²) in [6.45, 7) is 5.39. The van der Waals surface area contributed by atoms with E-state index < -0.39 is 0 Å².